The van der Waals surface area contributed by atoms with Crippen LogP contribution in [0.4, 0.5) is 10.8 Å². The van der Waals surface area contributed by atoms with Gasteiger partial charge in [-0.2, -0.15) is 0 Å². The fourth-order valence-electron chi connectivity index (χ4n) is 4.04. The lowest BCUT2D eigenvalue weighted by molar-refractivity contribution is -0.115. The van der Waals surface area contributed by atoms with Crippen molar-refractivity contribution in [1.82, 2.24) is 9.97 Å². The third kappa shape index (κ3) is 3.79. The summed E-state index contributed by atoms with van der Waals surface area (Å²) in [4.78, 5) is 49.1. The number of hydrogen-bond donors (Lipinski definition) is 1. The molecule has 35 heavy (non-hydrogen) atoms. The van der Waals surface area contributed by atoms with Gasteiger partial charge in [0.15, 0.2) is 9.47 Å². The molecule has 2 aromatic heterocycles. The number of rotatable bonds is 5. The van der Waals surface area contributed by atoms with E-state index in [0.717, 1.165) is 19.9 Å². The Labute approximate surface area is 211 Å². The van der Waals surface area contributed by atoms with Gasteiger partial charge < -0.3 is 5.32 Å². The Hall–Kier alpha value is -3.60. The third-order valence-electron chi connectivity index (χ3n) is 5.69. The largest absolute Gasteiger partial charge is 0.301 e. The van der Waals surface area contributed by atoms with Crippen LogP contribution < -0.4 is 10.2 Å². The van der Waals surface area contributed by atoms with Crippen molar-refractivity contribution in [3.8, 4) is 0 Å². The standard InChI is InChI=1S/C25H16N4O3S3/c1-13(21(30)28-24-26-10-11-33-24)34-25-27-18-9-8-15(12-19(18)35-25)29-22(31)16-6-2-4-14-5-3-7-17(20(14)16)23(29)32/h2-13H,1H3,(H,26,28,30). The Morgan fingerprint density at radius 1 is 1.06 bits per heavy atom. The predicted molar refractivity (Wildman–Crippen MR) is 141 cm³/mol. The van der Waals surface area contributed by atoms with Crippen LogP contribution in [0.3, 0.4) is 0 Å². The molecule has 1 aliphatic rings. The first kappa shape index (κ1) is 21.9. The first-order chi connectivity index (χ1) is 17.0. The second kappa shape index (κ2) is 8.56. The first-order valence-electron chi connectivity index (χ1n) is 10.7. The number of imide groups is 1. The van der Waals surface area contributed by atoms with Crippen LogP contribution in [-0.2, 0) is 4.79 Å². The number of aromatic nitrogens is 2. The van der Waals surface area contributed by atoms with E-state index in [1.54, 1.807) is 41.9 Å². The summed E-state index contributed by atoms with van der Waals surface area (Å²) in [5.41, 5.74) is 2.26. The zero-order chi connectivity index (χ0) is 24.1. The van der Waals surface area contributed by atoms with Gasteiger partial charge in [-0.3, -0.25) is 14.4 Å². The van der Waals surface area contributed by atoms with Crippen LogP contribution in [0, 0.1) is 0 Å². The highest BCUT2D eigenvalue weighted by molar-refractivity contribution is 8.02. The first-order valence-corrected chi connectivity index (χ1v) is 13.3. The minimum atomic E-state index is -0.374. The smallest absolute Gasteiger partial charge is 0.265 e. The molecule has 3 aromatic carbocycles. The molecule has 0 spiro atoms. The molecule has 1 unspecified atom stereocenters. The highest BCUT2D eigenvalue weighted by Gasteiger charge is 2.34. The van der Waals surface area contributed by atoms with Crippen molar-refractivity contribution >= 4 is 84.0 Å². The van der Waals surface area contributed by atoms with Crippen molar-refractivity contribution in [2.24, 2.45) is 0 Å². The molecule has 1 atom stereocenters. The lowest BCUT2D eigenvalue weighted by Gasteiger charge is -2.27. The maximum absolute atomic E-state index is 13.3. The zero-order valence-corrected chi connectivity index (χ0v) is 20.7. The fraction of sp³-hybridized carbons (Fsp3) is 0.0800. The number of fused-ring (bicyclic) bond motifs is 1. The number of amides is 3. The highest BCUT2D eigenvalue weighted by Crippen LogP contribution is 2.37. The number of carbonyl (C=O) groups excluding carboxylic acids is 3. The summed E-state index contributed by atoms with van der Waals surface area (Å²) in [5, 5.41) is 6.35. The minimum absolute atomic E-state index is 0.151. The summed E-state index contributed by atoms with van der Waals surface area (Å²) in [6, 6.07) is 16.3. The number of carbonyl (C=O) groups is 3. The molecule has 6 rings (SSSR count). The molecule has 0 saturated carbocycles. The van der Waals surface area contributed by atoms with Gasteiger partial charge in [0.25, 0.3) is 11.8 Å². The molecule has 3 heterocycles. The number of thiazole rings is 2. The molecule has 5 aromatic rings. The second-order valence-electron chi connectivity index (χ2n) is 7.87. The molecular weight excluding hydrogens is 501 g/mol. The van der Waals surface area contributed by atoms with Gasteiger partial charge in [-0.1, -0.05) is 36.0 Å². The summed E-state index contributed by atoms with van der Waals surface area (Å²) < 4.78 is 1.56. The third-order valence-corrected chi connectivity index (χ3v) is 8.59. The normalized spacial score (nSPS) is 14.0. The molecule has 0 aliphatic carbocycles. The van der Waals surface area contributed by atoms with Gasteiger partial charge in [-0.15, -0.1) is 22.7 Å². The van der Waals surface area contributed by atoms with Crippen LogP contribution in [-0.4, -0.2) is 32.9 Å². The van der Waals surface area contributed by atoms with Crippen LogP contribution in [0.5, 0.6) is 0 Å². The van der Waals surface area contributed by atoms with E-state index in [4.69, 9.17) is 0 Å². The average Bonchev–Trinajstić information content (AvgIpc) is 3.51. The molecule has 3 amide bonds. The molecule has 7 nitrogen and oxygen atoms in total. The fourth-order valence-corrected chi connectivity index (χ4v) is 6.82. The SMILES string of the molecule is CC(Sc1nc2ccc(N3C(=O)c4cccc5cccc(c45)C3=O)cc2s1)C(=O)Nc1nccs1. The molecular formula is C25H16N4O3S3. The van der Waals surface area contributed by atoms with Crippen molar-refractivity contribution in [1.29, 1.82) is 0 Å². The van der Waals surface area contributed by atoms with Gasteiger partial charge in [0.2, 0.25) is 5.91 Å². The van der Waals surface area contributed by atoms with Crippen LogP contribution in [0.1, 0.15) is 27.6 Å². The molecule has 172 valence electrons. The van der Waals surface area contributed by atoms with Gasteiger partial charge in [0.05, 0.1) is 21.2 Å². The molecule has 0 saturated heterocycles. The Morgan fingerprint density at radius 3 is 2.49 bits per heavy atom. The van der Waals surface area contributed by atoms with Crippen LogP contribution >= 0.6 is 34.4 Å². The predicted octanol–water partition coefficient (Wildman–Crippen LogP) is 5.83. The van der Waals surface area contributed by atoms with E-state index in [1.165, 1.54) is 39.3 Å². The van der Waals surface area contributed by atoms with Gasteiger partial charge in [0.1, 0.15) is 0 Å². The van der Waals surface area contributed by atoms with Crippen molar-refractivity contribution in [3.63, 3.8) is 0 Å². The van der Waals surface area contributed by atoms with E-state index >= 15 is 0 Å². The number of nitrogens with one attached hydrogen (secondary N) is 1. The average molecular weight is 517 g/mol. The summed E-state index contributed by atoms with van der Waals surface area (Å²) in [6.07, 6.45) is 1.64. The molecule has 0 fully saturated rings. The van der Waals surface area contributed by atoms with Crippen LogP contribution in [0.2, 0.25) is 0 Å². The van der Waals surface area contributed by atoms with E-state index < -0.39 is 0 Å². The highest BCUT2D eigenvalue weighted by atomic mass is 32.2. The number of hydrogen-bond acceptors (Lipinski definition) is 8. The molecule has 1 N–H and O–H groups in total. The Bertz CT molecular complexity index is 1590. The van der Waals surface area contributed by atoms with E-state index in [2.05, 4.69) is 15.3 Å². The van der Waals surface area contributed by atoms with Crippen molar-refractivity contribution in [2.75, 3.05) is 10.2 Å². The second-order valence-corrected chi connectivity index (χ2v) is 11.4. The topological polar surface area (TPSA) is 92.3 Å². The Morgan fingerprint density at radius 2 is 1.80 bits per heavy atom. The molecule has 0 bridgehead atoms. The van der Waals surface area contributed by atoms with Gasteiger partial charge in [-0.25, -0.2) is 14.9 Å². The van der Waals surface area contributed by atoms with Gasteiger partial charge >= 0.3 is 0 Å². The minimum Gasteiger partial charge on any atom is -0.301 e. The monoisotopic (exact) mass is 516 g/mol. The number of thioether (sulfide) groups is 1. The van der Waals surface area contributed by atoms with Crippen molar-refractivity contribution in [3.05, 3.63) is 77.3 Å². The maximum atomic E-state index is 13.3. The summed E-state index contributed by atoms with van der Waals surface area (Å²) in [6.45, 7) is 1.81. The van der Waals surface area contributed by atoms with Crippen molar-refractivity contribution < 1.29 is 14.4 Å². The van der Waals surface area contributed by atoms with Crippen molar-refractivity contribution in [2.45, 2.75) is 16.5 Å². The number of benzene rings is 3. The number of anilines is 2. The maximum Gasteiger partial charge on any atom is 0.265 e. The van der Waals surface area contributed by atoms with Crippen LogP contribution in [0.25, 0.3) is 21.0 Å². The summed E-state index contributed by atoms with van der Waals surface area (Å²) >= 11 is 4.14. The lowest BCUT2D eigenvalue weighted by Crippen LogP contribution is -2.40. The van der Waals surface area contributed by atoms with E-state index in [0.29, 0.717) is 27.3 Å². The summed E-state index contributed by atoms with van der Waals surface area (Å²) in [7, 11) is 0. The van der Waals surface area contributed by atoms with E-state index in [-0.39, 0.29) is 23.0 Å². The van der Waals surface area contributed by atoms with Gasteiger partial charge in [-0.05, 0) is 42.6 Å². The molecule has 0 radical (unpaired) electrons. The van der Waals surface area contributed by atoms with E-state index in [9.17, 15) is 14.4 Å². The molecule has 1 aliphatic heterocycles. The van der Waals surface area contributed by atoms with Gasteiger partial charge in [0, 0.05) is 28.1 Å². The molecule has 10 heteroatoms. The Balaban J connectivity index is 1.29. The Kier molecular flexibility index (Phi) is 5.36. The zero-order valence-electron chi connectivity index (χ0n) is 18.2. The lowest BCUT2D eigenvalue weighted by atomic mass is 9.94. The van der Waals surface area contributed by atoms with E-state index in [1.807, 2.05) is 31.2 Å². The van der Waals surface area contributed by atoms with Crippen LogP contribution in [0.15, 0.2) is 70.5 Å². The number of nitrogens with zero attached hydrogens (tertiary/aromatic N) is 3. The quantitative estimate of drug-likeness (QED) is 0.234. The summed E-state index contributed by atoms with van der Waals surface area (Å²) in [5.74, 6) is -0.835.